The van der Waals surface area contributed by atoms with Crippen molar-refractivity contribution in [1.29, 1.82) is 0 Å². The summed E-state index contributed by atoms with van der Waals surface area (Å²) in [5, 5.41) is 4.43. The molecule has 0 amide bonds. The van der Waals surface area contributed by atoms with Crippen molar-refractivity contribution in [3.8, 4) is 5.75 Å². The van der Waals surface area contributed by atoms with Gasteiger partial charge in [-0.2, -0.15) is 5.10 Å². The zero-order valence-corrected chi connectivity index (χ0v) is 15.1. The maximum absolute atomic E-state index is 6.07. The van der Waals surface area contributed by atoms with Crippen LogP contribution in [-0.4, -0.2) is 49.4 Å². The highest BCUT2D eigenvalue weighted by molar-refractivity contribution is 8.01. The molecule has 4 heterocycles. The number of ether oxygens (including phenoxy) is 1. The lowest BCUT2D eigenvalue weighted by Crippen LogP contribution is -2.58. The molecule has 4 rings (SSSR count). The van der Waals surface area contributed by atoms with Gasteiger partial charge < -0.3 is 4.74 Å². The Bertz CT molecular complexity index is 681. The van der Waals surface area contributed by atoms with Gasteiger partial charge in [0.05, 0.1) is 12.4 Å². The molecule has 2 aromatic rings. The highest BCUT2D eigenvalue weighted by Crippen LogP contribution is 2.46. The van der Waals surface area contributed by atoms with E-state index in [1.807, 2.05) is 23.0 Å². The zero-order chi connectivity index (χ0) is 16.6. The molecule has 0 radical (unpaired) electrons. The molecule has 128 valence electrons. The van der Waals surface area contributed by atoms with Crippen molar-refractivity contribution in [1.82, 2.24) is 19.7 Å². The van der Waals surface area contributed by atoms with Gasteiger partial charge in [0.1, 0.15) is 11.9 Å². The normalized spacial score (nSPS) is 22.9. The second-order valence-electron chi connectivity index (χ2n) is 7.19. The Balaban J connectivity index is 1.27. The number of likely N-dealkylation sites (tertiary alicyclic amines) is 1. The van der Waals surface area contributed by atoms with Crippen LogP contribution in [0.2, 0.25) is 0 Å². The van der Waals surface area contributed by atoms with E-state index in [1.54, 1.807) is 12.4 Å². The highest BCUT2D eigenvalue weighted by Gasteiger charge is 2.49. The van der Waals surface area contributed by atoms with Crippen molar-refractivity contribution in [3.63, 3.8) is 0 Å². The summed E-state index contributed by atoms with van der Waals surface area (Å²) >= 11 is 2.08. The van der Waals surface area contributed by atoms with Crippen molar-refractivity contribution in [2.75, 3.05) is 18.8 Å². The Morgan fingerprint density at radius 2 is 2.25 bits per heavy atom. The summed E-state index contributed by atoms with van der Waals surface area (Å²) in [6.45, 7) is 7.62. The topological polar surface area (TPSA) is 43.2 Å². The third kappa shape index (κ3) is 3.30. The van der Waals surface area contributed by atoms with E-state index < -0.39 is 0 Å². The lowest BCUT2D eigenvalue weighted by Gasteiger charge is -2.47. The van der Waals surface area contributed by atoms with Crippen LogP contribution >= 0.6 is 11.8 Å². The molecule has 5 nitrogen and oxygen atoms in total. The Morgan fingerprint density at radius 3 is 2.96 bits per heavy atom. The number of rotatable bonds is 5. The van der Waals surface area contributed by atoms with Gasteiger partial charge in [0.25, 0.3) is 0 Å². The van der Waals surface area contributed by atoms with Gasteiger partial charge in [-0.1, -0.05) is 0 Å². The van der Waals surface area contributed by atoms with Crippen molar-refractivity contribution in [3.05, 3.63) is 42.5 Å². The van der Waals surface area contributed by atoms with Crippen LogP contribution in [0.1, 0.15) is 31.9 Å². The van der Waals surface area contributed by atoms with Gasteiger partial charge in [-0.05, 0) is 26.0 Å². The second kappa shape index (κ2) is 6.41. The fourth-order valence-corrected chi connectivity index (χ4v) is 5.16. The van der Waals surface area contributed by atoms with Crippen molar-refractivity contribution < 1.29 is 4.74 Å². The summed E-state index contributed by atoms with van der Waals surface area (Å²) in [5.74, 6) is 1.96. The fourth-order valence-electron chi connectivity index (χ4n) is 3.59. The Kier molecular flexibility index (Phi) is 4.26. The van der Waals surface area contributed by atoms with Gasteiger partial charge in [-0.15, -0.1) is 11.8 Å². The first kappa shape index (κ1) is 16.0. The largest absolute Gasteiger partial charge is 0.488 e. The standard InChI is InChI=1S/C18H24N4OS/c1-14(2)22-10-15(7-20-22)9-21-12-18(13-21)6-17(11-24-18)23-16-4-3-5-19-8-16/h3-5,7-8,10,14,17H,6,9,11-13H2,1-2H3. The minimum atomic E-state index is 0.310. The van der Waals surface area contributed by atoms with E-state index in [1.165, 1.54) is 5.56 Å². The summed E-state index contributed by atoms with van der Waals surface area (Å²) in [6, 6.07) is 4.34. The molecule has 6 heteroatoms. The molecule has 2 fully saturated rings. The van der Waals surface area contributed by atoms with E-state index in [4.69, 9.17) is 4.74 Å². The maximum atomic E-state index is 6.07. The van der Waals surface area contributed by atoms with Crippen LogP contribution in [0.25, 0.3) is 0 Å². The molecule has 24 heavy (non-hydrogen) atoms. The van der Waals surface area contributed by atoms with Crippen LogP contribution in [0.5, 0.6) is 5.75 Å². The summed E-state index contributed by atoms with van der Waals surface area (Å²) in [4.78, 5) is 6.64. The van der Waals surface area contributed by atoms with E-state index in [2.05, 4.69) is 46.8 Å². The number of aromatic nitrogens is 3. The van der Waals surface area contributed by atoms with Crippen LogP contribution < -0.4 is 4.74 Å². The minimum Gasteiger partial charge on any atom is -0.488 e. The Labute approximate surface area is 147 Å². The third-order valence-corrected chi connectivity index (χ3v) is 6.30. The minimum absolute atomic E-state index is 0.310. The second-order valence-corrected chi connectivity index (χ2v) is 8.68. The van der Waals surface area contributed by atoms with Gasteiger partial charge in [0.15, 0.2) is 0 Å². The summed E-state index contributed by atoms with van der Waals surface area (Å²) in [6.07, 6.45) is 9.20. The van der Waals surface area contributed by atoms with E-state index in [-0.39, 0.29) is 0 Å². The van der Waals surface area contributed by atoms with Gasteiger partial charge in [0.2, 0.25) is 0 Å². The molecule has 0 saturated carbocycles. The van der Waals surface area contributed by atoms with Gasteiger partial charge in [0, 0.05) is 60.6 Å². The number of hydrogen-bond acceptors (Lipinski definition) is 5. The Hall–Kier alpha value is -1.53. The van der Waals surface area contributed by atoms with E-state index in [9.17, 15) is 0 Å². The molecule has 2 aliphatic heterocycles. The molecular weight excluding hydrogens is 320 g/mol. The molecule has 0 aliphatic carbocycles. The fraction of sp³-hybridized carbons (Fsp3) is 0.556. The van der Waals surface area contributed by atoms with Crippen molar-refractivity contribution >= 4 is 11.8 Å². The molecule has 2 aliphatic rings. The molecule has 1 atom stereocenters. The monoisotopic (exact) mass is 344 g/mol. The van der Waals surface area contributed by atoms with Gasteiger partial charge >= 0.3 is 0 Å². The number of hydrogen-bond donors (Lipinski definition) is 0. The molecule has 0 N–H and O–H groups in total. The summed E-state index contributed by atoms with van der Waals surface area (Å²) < 4.78 is 8.50. The maximum Gasteiger partial charge on any atom is 0.138 e. The van der Waals surface area contributed by atoms with Crippen molar-refractivity contribution in [2.24, 2.45) is 0 Å². The van der Waals surface area contributed by atoms with Crippen molar-refractivity contribution in [2.45, 2.75) is 43.7 Å². The quantitative estimate of drug-likeness (QED) is 0.834. The molecule has 0 bridgehead atoms. The average Bonchev–Trinajstić information content (AvgIpc) is 3.16. The number of thioether (sulfide) groups is 1. The zero-order valence-electron chi connectivity index (χ0n) is 14.3. The summed E-state index contributed by atoms with van der Waals surface area (Å²) in [5.41, 5.74) is 1.31. The highest BCUT2D eigenvalue weighted by atomic mass is 32.2. The third-order valence-electron chi connectivity index (χ3n) is 4.73. The van der Waals surface area contributed by atoms with Gasteiger partial charge in [-0.25, -0.2) is 0 Å². The lowest BCUT2D eigenvalue weighted by molar-refractivity contribution is 0.0919. The van der Waals surface area contributed by atoms with Crippen LogP contribution in [0, 0.1) is 0 Å². The first-order valence-corrected chi connectivity index (χ1v) is 9.56. The van der Waals surface area contributed by atoms with E-state index in [0.29, 0.717) is 16.9 Å². The number of pyridine rings is 1. The molecule has 1 spiro atoms. The number of nitrogens with zero attached hydrogens (tertiary/aromatic N) is 4. The SMILES string of the molecule is CC(C)n1cc(CN2CC3(CC(Oc4cccnc4)CS3)C2)cn1. The van der Waals surface area contributed by atoms with E-state index in [0.717, 1.165) is 37.6 Å². The van der Waals surface area contributed by atoms with Crippen LogP contribution in [-0.2, 0) is 6.54 Å². The molecular formula is C18H24N4OS. The summed E-state index contributed by atoms with van der Waals surface area (Å²) in [7, 11) is 0. The molecule has 0 aromatic carbocycles. The van der Waals surface area contributed by atoms with Gasteiger partial charge in [-0.3, -0.25) is 14.6 Å². The molecule has 2 aromatic heterocycles. The predicted molar refractivity (Wildman–Crippen MR) is 96.3 cm³/mol. The average molecular weight is 344 g/mol. The first-order chi connectivity index (χ1) is 11.6. The smallest absolute Gasteiger partial charge is 0.138 e. The molecule has 1 unspecified atom stereocenters. The first-order valence-electron chi connectivity index (χ1n) is 8.58. The van der Waals surface area contributed by atoms with Crippen LogP contribution in [0.4, 0.5) is 0 Å². The van der Waals surface area contributed by atoms with E-state index >= 15 is 0 Å². The van der Waals surface area contributed by atoms with Crippen LogP contribution in [0.15, 0.2) is 36.9 Å². The van der Waals surface area contributed by atoms with Crippen LogP contribution in [0.3, 0.4) is 0 Å². The predicted octanol–water partition coefficient (Wildman–Crippen LogP) is 3.00. The Morgan fingerprint density at radius 1 is 1.38 bits per heavy atom. The molecule has 2 saturated heterocycles. The lowest BCUT2D eigenvalue weighted by atomic mass is 9.92.